The van der Waals surface area contributed by atoms with Gasteiger partial charge in [-0.3, -0.25) is 0 Å². The Morgan fingerprint density at radius 2 is 1.76 bits per heavy atom. The first kappa shape index (κ1) is 17.8. The molecule has 0 amide bonds. The normalized spacial score (nSPS) is 18.8. The largest absolute Gasteiger partial charge is 0.378 e. The lowest BCUT2D eigenvalue weighted by Crippen LogP contribution is -2.27. The molecule has 2 aromatic rings. The molecule has 0 heterocycles. The summed E-state index contributed by atoms with van der Waals surface area (Å²) in [7, 11) is 0.0743. The van der Waals surface area contributed by atoms with E-state index in [-0.39, 0.29) is 17.9 Å². The van der Waals surface area contributed by atoms with Crippen molar-refractivity contribution in [2.75, 3.05) is 25.5 Å². The summed E-state index contributed by atoms with van der Waals surface area (Å²) in [6.07, 6.45) is -0.256. The fourth-order valence-electron chi connectivity index (χ4n) is 2.58. The van der Waals surface area contributed by atoms with Gasteiger partial charge in [-0.2, -0.15) is 0 Å². The van der Waals surface area contributed by atoms with Crippen molar-refractivity contribution >= 4 is 15.7 Å². The van der Waals surface area contributed by atoms with Crippen molar-refractivity contribution in [1.82, 2.24) is 4.72 Å². The molecule has 0 aliphatic heterocycles. The summed E-state index contributed by atoms with van der Waals surface area (Å²) >= 11 is 0. The Balaban J connectivity index is 1.78. The third-order valence-corrected chi connectivity index (χ3v) is 5.76. The molecule has 1 fully saturated rings. The number of sulfonamides is 1. The number of benzene rings is 2. The van der Waals surface area contributed by atoms with Gasteiger partial charge < -0.3 is 4.90 Å². The smallest absolute Gasteiger partial charge is 0.252 e. The lowest BCUT2D eigenvalue weighted by molar-refractivity contribution is 0.0998. The Labute approximate surface area is 146 Å². The van der Waals surface area contributed by atoms with Crippen LogP contribution in [0.4, 0.5) is 14.5 Å². The monoisotopic (exact) mass is 366 g/mol. The van der Waals surface area contributed by atoms with Crippen molar-refractivity contribution < 1.29 is 17.2 Å². The van der Waals surface area contributed by atoms with Gasteiger partial charge in [0.25, 0.3) is 5.92 Å². The zero-order chi connectivity index (χ0) is 18.2. The molecule has 0 bridgehead atoms. The summed E-state index contributed by atoms with van der Waals surface area (Å²) in [5.74, 6) is -3.64. The maximum Gasteiger partial charge on any atom is 0.252 e. The van der Waals surface area contributed by atoms with Gasteiger partial charge in [-0.25, -0.2) is 21.9 Å². The molecule has 7 heteroatoms. The molecule has 1 N–H and O–H groups in total. The summed E-state index contributed by atoms with van der Waals surface area (Å²) in [4.78, 5) is 2.05. The van der Waals surface area contributed by atoms with Crippen LogP contribution >= 0.6 is 0 Å². The van der Waals surface area contributed by atoms with Gasteiger partial charge in [0.15, 0.2) is 0 Å². The Bertz CT molecular complexity index is 865. The van der Waals surface area contributed by atoms with Gasteiger partial charge in [-0.05, 0) is 35.4 Å². The average Bonchev–Trinajstić information content (AvgIpc) is 3.20. The van der Waals surface area contributed by atoms with Gasteiger partial charge in [0.2, 0.25) is 10.0 Å². The lowest BCUT2D eigenvalue weighted by Gasteiger charge is -2.13. The lowest BCUT2D eigenvalue weighted by atomic mass is 10.1. The number of hydrogen-bond donors (Lipinski definition) is 1. The number of nitrogens with zero attached hydrogens (tertiary/aromatic N) is 1. The standard InChI is InChI=1S/C18H20F2N2O2S/c1-22(2)16-8-6-13(7-9-16)14-4-3-5-17(10-14)25(23,24)21-12-15-11-18(15,19)20/h3-10,15,21H,11-12H2,1-2H3. The van der Waals surface area contributed by atoms with E-state index in [0.717, 1.165) is 16.8 Å². The van der Waals surface area contributed by atoms with E-state index in [1.54, 1.807) is 12.1 Å². The van der Waals surface area contributed by atoms with Crippen LogP contribution in [-0.4, -0.2) is 35.0 Å². The quantitative estimate of drug-likeness (QED) is 0.853. The summed E-state index contributed by atoms with van der Waals surface area (Å²) < 4.78 is 52.8. The van der Waals surface area contributed by atoms with Crippen molar-refractivity contribution in [2.24, 2.45) is 5.92 Å². The number of halogens is 2. The first-order valence-corrected chi connectivity index (χ1v) is 9.43. The molecule has 4 nitrogen and oxygen atoms in total. The average molecular weight is 366 g/mol. The summed E-state index contributed by atoms with van der Waals surface area (Å²) in [5, 5.41) is 0. The first-order chi connectivity index (χ1) is 11.7. The Morgan fingerprint density at radius 3 is 2.32 bits per heavy atom. The fourth-order valence-corrected chi connectivity index (χ4v) is 3.71. The second kappa shape index (κ2) is 6.38. The molecule has 1 saturated carbocycles. The van der Waals surface area contributed by atoms with E-state index in [2.05, 4.69) is 4.72 Å². The molecular formula is C18H20F2N2O2S. The van der Waals surface area contributed by atoms with Gasteiger partial charge in [-0.15, -0.1) is 0 Å². The SMILES string of the molecule is CN(C)c1ccc(-c2cccc(S(=O)(=O)NCC3CC3(F)F)c2)cc1. The van der Waals surface area contributed by atoms with Gasteiger partial charge in [0, 0.05) is 38.7 Å². The van der Waals surface area contributed by atoms with E-state index in [0.29, 0.717) is 0 Å². The van der Waals surface area contributed by atoms with Gasteiger partial charge >= 0.3 is 0 Å². The van der Waals surface area contributed by atoms with E-state index in [1.807, 2.05) is 49.3 Å². The Kier molecular flexibility index (Phi) is 4.55. The number of anilines is 1. The summed E-state index contributed by atoms with van der Waals surface area (Å²) in [6, 6.07) is 14.2. The highest BCUT2D eigenvalue weighted by Crippen LogP contribution is 2.48. The highest BCUT2D eigenvalue weighted by molar-refractivity contribution is 7.89. The predicted octanol–water partition coefficient (Wildman–Crippen LogP) is 3.35. The minimum absolute atomic E-state index is 0.0747. The number of alkyl halides is 2. The molecule has 3 rings (SSSR count). The number of hydrogen-bond acceptors (Lipinski definition) is 3. The van der Waals surface area contributed by atoms with Crippen LogP contribution < -0.4 is 9.62 Å². The Hall–Kier alpha value is -1.99. The van der Waals surface area contributed by atoms with Crippen LogP contribution in [0, 0.1) is 5.92 Å². The summed E-state index contributed by atoms with van der Waals surface area (Å²) in [5.41, 5.74) is 2.68. The topological polar surface area (TPSA) is 49.4 Å². The molecular weight excluding hydrogens is 346 g/mol. The van der Waals surface area contributed by atoms with Crippen LogP contribution in [0.2, 0.25) is 0 Å². The van der Waals surface area contributed by atoms with Crippen molar-refractivity contribution in [3.05, 3.63) is 48.5 Å². The van der Waals surface area contributed by atoms with Crippen molar-refractivity contribution in [2.45, 2.75) is 17.2 Å². The summed E-state index contributed by atoms with van der Waals surface area (Å²) in [6.45, 7) is -0.239. The van der Waals surface area contributed by atoms with Crippen LogP contribution in [0.15, 0.2) is 53.4 Å². The van der Waals surface area contributed by atoms with Crippen molar-refractivity contribution in [3.8, 4) is 11.1 Å². The van der Waals surface area contributed by atoms with E-state index in [4.69, 9.17) is 0 Å². The molecule has 0 aromatic heterocycles. The Morgan fingerprint density at radius 1 is 1.12 bits per heavy atom. The maximum atomic E-state index is 12.9. The molecule has 0 saturated heterocycles. The molecule has 1 aliphatic carbocycles. The molecule has 1 atom stereocenters. The van der Waals surface area contributed by atoms with Crippen LogP contribution in [0.25, 0.3) is 11.1 Å². The minimum Gasteiger partial charge on any atom is -0.378 e. The number of rotatable bonds is 6. The molecule has 0 radical (unpaired) electrons. The highest BCUT2D eigenvalue weighted by Gasteiger charge is 2.56. The second-order valence-electron chi connectivity index (χ2n) is 6.48. The fraction of sp³-hybridized carbons (Fsp3) is 0.333. The van der Waals surface area contributed by atoms with Crippen LogP contribution in [0.5, 0.6) is 0 Å². The molecule has 25 heavy (non-hydrogen) atoms. The third-order valence-electron chi connectivity index (χ3n) is 4.34. The van der Waals surface area contributed by atoms with Crippen LogP contribution in [-0.2, 0) is 10.0 Å². The van der Waals surface area contributed by atoms with Crippen molar-refractivity contribution in [3.63, 3.8) is 0 Å². The molecule has 1 unspecified atom stereocenters. The molecule has 134 valence electrons. The predicted molar refractivity (Wildman–Crippen MR) is 94.4 cm³/mol. The van der Waals surface area contributed by atoms with Crippen molar-refractivity contribution in [1.29, 1.82) is 0 Å². The number of nitrogens with one attached hydrogen (secondary N) is 1. The highest BCUT2D eigenvalue weighted by atomic mass is 32.2. The molecule has 2 aromatic carbocycles. The van der Waals surface area contributed by atoms with E-state index < -0.39 is 21.9 Å². The molecule has 1 aliphatic rings. The zero-order valence-corrected chi connectivity index (χ0v) is 14.9. The van der Waals surface area contributed by atoms with E-state index in [9.17, 15) is 17.2 Å². The van der Waals surface area contributed by atoms with Crippen LogP contribution in [0.3, 0.4) is 0 Å². The zero-order valence-electron chi connectivity index (χ0n) is 14.0. The third kappa shape index (κ3) is 3.99. The van der Waals surface area contributed by atoms with Gasteiger partial charge in [0.05, 0.1) is 4.90 Å². The first-order valence-electron chi connectivity index (χ1n) is 7.94. The van der Waals surface area contributed by atoms with Gasteiger partial charge in [-0.1, -0.05) is 24.3 Å². The molecule has 0 spiro atoms. The van der Waals surface area contributed by atoms with E-state index in [1.165, 1.54) is 6.07 Å². The van der Waals surface area contributed by atoms with Crippen LogP contribution in [0.1, 0.15) is 6.42 Å². The van der Waals surface area contributed by atoms with E-state index >= 15 is 0 Å². The minimum atomic E-state index is -3.81. The second-order valence-corrected chi connectivity index (χ2v) is 8.25. The van der Waals surface area contributed by atoms with Gasteiger partial charge in [0.1, 0.15) is 0 Å². The maximum absolute atomic E-state index is 12.9.